The van der Waals surface area contributed by atoms with E-state index in [2.05, 4.69) is 42.7 Å². The zero-order chi connectivity index (χ0) is 32.9. The molecule has 6 rings (SSSR count). The molecule has 1 aromatic carbocycles. The highest BCUT2D eigenvalue weighted by atomic mass is 19.1. The number of hydrogen-bond acceptors (Lipinski definition) is 9. The molecule has 3 fully saturated rings. The van der Waals surface area contributed by atoms with Gasteiger partial charge in [0.25, 0.3) is 5.91 Å². The molecule has 2 aromatic heterocycles. The number of para-hydroxylation sites is 1. The molecule has 1 aliphatic carbocycles. The normalized spacial score (nSPS) is 21.0. The lowest BCUT2D eigenvalue weighted by molar-refractivity contribution is -0.126. The van der Waals surface area contributed by atoms with Crippen molar-refractivity contribution in [1.29, 1.82) is 0 Å². The van der Waals surface area contributed by atoms with Crippen LogP contribution < -0.4 is 31.5 Å². The van der Waals surface area contributed by atoms with Gasteiger partial charge in [0.05, 0.1) is 23.0 Å². The Balaban J connectivity index is 1.18. The summed E-state index contributed by atoms with van der Waals surface area (Å²) >= 11 is 0. The number of amides is 2. The number of H-pyrrole nitrogens is 1. The molecule has 12 nitrogen and oxygen atoms in total. The number of anilines is 4. The lowest BCUT2D eigenvalue weighted by Crippen LogP contribution is -2.49. The van der Waals surface area contributed by atoms with Gasteiger partial charge < -0.3 is 36.5 Å². The van der Waals surface area contributed by atoms with Crippen LogP contribution in [0.5, 0.6) is 0 Å². The van der Waals surface area contributed by atoms with Gasteiger partial charge in [-0.25, -0.2) is 14.4 Å². The number of carbonyl (C=O) groups is 2. The molecule has 0 bridgehead atoms. The van der Waals surface area contributed by atoms with Crippen molar-refractivity contribution >= 4 is 35.0 Å². The van der Waals surface area contributed by atoms with Gasteiger partial charge in [-0.2, -0.15) is 4.98 Å². The number of halogens is 1. The van der Waals surface area contributed by atoms with E-state index in [1.54, 1.807) is 25.4 Å². The predicted molar refractivity (Wildman–Crippen MR) is 182 cm³/mol. The molecule has 2 atom stereocenters. The van der Waals surface area contributed by atoms with Crippen molar-refractivity contribution in [2.75, 3.05) is 53.7 Å². The number of imidazole rings is 1. The van der Waals surface area contributed by atoms with Crippen LogP contribution in [0.15, 0.2) is 30.5 Å². The summed E-state index contributed by atoms with van der Waals surface area (Å²) in [5, 5.41) is 9.20. The number of hydrogen-bond donors (Lipinski definition) is 5. The third-order valence-corrected chi connectivity index (χ3v) is 9.99. The number of aromatic amines is 1. The molecule has 13 heteroatoms. The van der Waals surface area contributed by atoms with Crippen molar-refractivity contribution in [3.63, 3.8) is 0 Å². The fraction of sp³-hybridized carbons (Fsp3) is 0.559. The zero-order valence-corrected chi connectivity index (χ0v) is 27.4. The van der Waals surface area contributed by atoms with Crippen molar-refractivity contribution in [2.45, 2.75) is 76.8 Å². The highest BCUT2D eigenvalue weighted by Crippen LogP contribution is 2.34. The molecule has 0 spiro atoms. The van der Waals surface area contributed by atoms with Crippen LogP contribution in [0, 0.1) is 17.7 Å². The van der Waals surface area contributed by atoms with Crippen molar-refractivity contribution < 1.29 is 14.0 Å². The molecular weight excluding hydrogens is 599 g/mol. The van der Waals surface area contributed by atoms with Crippen LogP contribution in [0.25, 0.3) is 11.4 Å². The van der Waals surface area contributed by atoms with Crippen molar-refractivity contribution in [3.8, 4) is 11.4 Å². The van der Waals surface area contributed by atoms with Gasteiger partial charge in [-0.1, -0.05) is 25.3 Å². The standard InChI is InChI=1S/C34H47FN10O2/c1-21-11-12-23(32(46)39-24-7-4-3-5-8-24)20-45(21)29-17-27(42-34(37-2)43-29)28-19-38-31(40-28)33(47)41-26-10-6-9-25(35)30(26)44-15-13-22(18-36)14-16-44/h6,9-10,17,19,21-24H,3-5,7-8,11-16,18,20,36H2,1-2H3,(H,38,40)(H,39,46)(H,41,47)(H,37,42,43)/t21-,23?/m0/s1. The van der Waals surface area contributed by atoms with Gasteiger partial charge in [0.1, 0.15) is 17.3 Å². The molecule has 3 aliphatic rings. The highest BCUT2D eigenvalue weighted by molar-refractivity contribution is 6.04. The largest absolute Gasteiger partial charge is 0.367 e. The van der Waals surface area contributed by atoms with E-state index in [1.165, 1.54) is 25.3 Å². The molecule has 4 heterocycles. The van der Waals surface area contributed by atoms with E-state index in [0.717, 1.165) is 38.5 Å². The number of aromatic nitrogens is 4. The van der Waals surface area contributed by atoms with Gasteiger partial charge in [-0.15, -0.1) is 0 Å². The Morgan fingerprint density at radius 1 is 1.02 bits per heavy atom. The van der Waals surface area contributed by atoms with Crippen molar-refractivity contribution in [2.24, 2.45) is 17.6 Å². The number of rotatable bonds is 9. The first-order valence-corrected chi connectivity index (χ1v) is 17.1. The Kier molecular flexibility index (Phi) is 10.2. The van der Waals surface area contributed by atoms with Gasteiger partial charge in [-0.05, 0) is 70.0 Å². The average molecular weight is 647 g/mol. The Hall–Kier alpha value is -4.26. The molecule has 2 amide bonds. The number of nitrogens with one attached hydrogen (secondary N) is 4. The Labute approximate surface area is 275 Å². The van der Waals surface area contributed by atoms with E-state index in [4.69, 9.17) is 10.7 Å². The molecular formula is C34H47FN10O2. The molecule has 1 unspecified atom stereocenters. The third kappa shape index (κ3) is 7.50. The molecule has 2 aliphatic heterocycles. The smallest absolute Gasteiger partial charge is 0.291 e. The monoisotopic (exact) mass is 646 g/mol. The van der Waals surface area contributed by atoms with Gasteiger partial charge in [0.2, 0.25) is 11.9 Å². The number of piperidine rings is 2. The van der Waals surface area contributed by atoms with E-state index in [0.29, 0.717) is 66.6 Å². The summed E-state index contributed by atoms with van der Waals surface area (Å²) in [6.45, 7) is 4.67. The second kappa shape index (κ2) is 14.7. The Bertz CT molecular complexity index is 1550. The summed E-state index contributed by atoms with van der Waals surface area (Å²) in [6.07, 6.45) is 10.8. The van der Waals surface area contributed by atoms with Gasteiger partial charge in [0, 0.05) is 51.0 Å². The van der Waals surface area contributed by atoms with E-state index >= 15 is 4.39 Å². The van der Waals surface area contributed by atoms with Crippen LogP contribution in [-0.2, 0) is 4.79 Å². The third-order valence-electron chi connectivity index (χ3n) is 9.99. The molecule has 6 N–H and O–H groups in total. The first kappa shape index (κ1) is 32.7. The average Bonchev–Trinajstić information content (AvgIpc) is 3.60. The summed E-state index contributed by atoms with van der Waals surface area (Å²) in [5.41, 5.74) is 7.62. The van der Waals surface area contributed by atoms with Gasteiger partial charge in [0.15, 0.2) is 5.82 Å². The Morgan fingerprint density at radius 2 is 1.81 bits per heavy atom. The maximum atomic E-state index is 15.1. The maximum Gasteiger partial charge on any atom is 0.291 e. The quantitative estimate of drug-likeness (QED) is 0.225. The van der Waals surface area contributed by atoms with E-state index in [1.807, 2.05) is 11.0 Å². The van der Waals surface area contributed by atoms with Crippen molar-refractivity contribution in [3.05, 3.63) is 42.1 Å². The van der Waals surface area contributed by atoms with Crippen LogP contribution in [-0.4, -0.2) is 77.1 Å². The summed E-state index contributed by atoms with van der Waals surface area (Å²) in [5.74, 6) is 0.741. The second-order valence-corrected chi connectivity index (χ2v) is 13.2. The zero-order valence-electron chi connectivity index (χ0n) is 27.4. The molecule has 3 aromatic rings. The number of nitrogens with zero attached hydrogens (tertiary/aromatic N) is 5. The van der Waals surface area contributed by atoms with Crippen molar-refractivity contribution in [1.82, 2.24) is 25.3 Å². The van der Waals surface area contributed by atoms with Crippen LogP contribution >= 0.6 is 0 Å². The number of nitrogens with two attached hydrogens (primary N) is 1. The second-order valence-electron chi connectivity index (χ2n) is 13.2. The minimum atomic E-state index is -0.487. The minimum absolute atomic E-state index is 0.0778. The van der Waals surface area contributed by atoms with Crippen LogP contribution in [0.2, 0.25) is 0 Å². The summed E-state index contributed by atoms with van der Waals surface area (Å²) in [4.78, 5) is 47.7. The van der Waals surface area contributed by atoms with Crippen LogP contribution in [0.1, 0.15) is 75.3 Å². The summed E-state index contributed by atoms with van der Waals surface area (Å²) < 4.78 is 15.1. The summed E-state index contributed by atoms with van der Waals surface area (Å²) in [7, 11) is 1.75. The van der Waals surface area contributed by atoms with Crippen LogP contribution in [0.4, 0.5) is 27.5 Å². The molecule has 2 saturated heterocycles. The number of carbonyl (C=O) groups excluding carboxylic acids is 2. The molecule has 1 saturated carbocycles. The van der Waals surface area contributed by atoms with E-state index < -0.39 is 5.91 Å². The molecule has 0 radical (unpaired) electrons. The lowest BCUT2D eigenvalue weighted by atomic mass is 9.91. The lowest BCUT2D eigenvalue weighted by Gasteiger charge is -2.39. The fourth-order valence-corrected chi connectivity index (χ4v) is 7.11. The maximum absolute atomic E-state index is 15.1. The highest BCUT2D eigenvalue weighted by Gasteiger charge is 2.33. The fourth-order valence-electron chi connectivity index (χ4n) is 7.11. The van der Waals surface area contributed by atoms with Gasteiger partial charge in [-0.3, -0.25) is 9.59 Å². The first-order valence-electron chi connectivity index (χ1n) is 17.1. The van der Waals surface area contributed by atoms with E-state index in [-0.39, 0.29) is 35.6 Å². The molecule has 252 valence electrons. The molecule has 47 heavy (non-hydrogen) atoms. The summed E-state index contributed by atoms with van der Waals surface area (Å²) in [6, 6.07) is 7.01. The topological polar surface area (TPSA) is 157 Å². The number of benzene rings is 1. The van der Waals surface area contributed by atoms with E-state index in [9.17, 15) is 9.59 Å². The van der Waals surface area contributed by atoms with Crippen LogP contribution in [0.3, 0.4) is 0 Å². The minimum Gasteiger partial charge on any atom is -0.367 e. The van der Waals surface area contributed by atoms with Gasteiger partial charge >= 0.3 is 0 Å². The SMILES string of the molecule is CNc1nc(-c2c[nH]c(C(=O)Nc3cccc(F)c3N3CCC(CN)CC3)n2)cc(N2CC(C(=O)NC3CCCCC3)CC[C@@H]2C)n1. The Morgan fingerprint density at radius 3 is 2.55 bits per heavy atom. The predicted octanol–water partition coefficient (Wildman–Crippen LogP) is 4.53. The first-order chi connectivity index (χ1) is 22.8.